The Morgan fingerprint density at radius 1 is 0.386 bits per heavy atom. The summed E-state index contributed by atoms with van der Waals surface area (Å²) in [5.74, 6) is -0.0357. The van der Waals surface area contributed by atoms with Gasteiger partial charge in [0.1, 0.15) is 0 Å². The Labute approximate surface area is 438 Å². The first kappa shape index (κ1) is 68.6. The van der Waals surface area contributed by atoms with Crippen molar-refractivity contribution in [3.05, 3.63) is 12.2 Å². The minimum Gasteiger partial charge on any atom is -0.466 e. The zero-order valence-electron chi connectivity index (χ0n) is 47.5. The SMILES string of the molecule is CCCCCC/C=C\CCCCCCCC(=O)OCCCCCCCCCCCCCCCCCCCCC(=O)NC(CO)C(O)CCCCCCCCCCCCCCCCCCCCCCCC. The molecule has 0 bridgehead atoms. The van der Waals surface area contributed by atoms with Gasteiger partial charge in [-0.2, -0.15) is 0 Å². The molecule has 0 spiro atoms. The summed E-state index contributed by atoms with van der Waals surface area (Å²) in [5, 5.41) is 23.4. The number of ether oxygens (including phenoxy) is 1. The molecule has 0 aromatic rings. The van der Waals surface area contributed by atoms with Gasteiger partial charge in [-0.05, 0) is 51.4 Å². The number of carbonyl (C=O) groups excluding carboxylic acids is 2. The molecule has 0 aliphatic heterocycles. The van der Waals surface area contributed by atoms with E-state index in [2.05, 4.69) is 31.3 Å². The average molecular weight is 989 g/mol. The number of unbranched alkanes of at least 4 members (excludes halogenated alkanes) is 47. The van der Waals surface area contributed by atoms with Crippen molar-refractivity contribution in [1.82, 2.24) is 5.32 Å². The highest BCUT2D eigenvalue weighted by molar-refractivity contribution is 5.76. The van der Waals surface area contributed by atoms with Crippen LogP contribution in [0.4, 0.5) is 0 Å². The molecule has 0 radical (unpaired) electrons. The second kappa shape index (κ2) is 60.2. The molecule has 0 rings (SSSR count). The number of carbonyl (C=O) groups is 2. The lowest BCUT2D eigenvalue weighted by atomic mass is 10.0. The normalized spacial score (nSPS) is 12.6. The molecule has 0 fully saturated rings. The quantitative estimate of drug-likeness (QED) is 0.0321. The van der Waals surface area contributed by atoms with Gasteiger partial charge in [0.2, 0.25) is 5.91 Å². The summed E-state index contributed by atoms with van der Waals surface area (Å²) < 4.78 is 5.47. The molecule has 2 unspecified atom stereocenters. The van der Waals surface area contributed by atoms with Crippen LogP contribution in [0.3, 0.4) is 0 Å². The van der Waals surface area contributed by atoms with Gasteiger partial charge in [0.05, 0.1) is 25.4 Å². The van der Waals surface area contributed by atoms with Gasteiger partial charge >= 0.3 is 5.97 Å². The second-order valence-corrected chi connectivity index (χ2v) is 22.1. The highest BCUT2D eigenvalue weighted by Gasteiger charge is 2.20. The highest BCUT2D eigenvalue weighted by atomic mass is 16.5. The van der Waals surface area contributed by atoms with Crippen molar-refractivity contribution < 1.29 is 24.5 Å². The highest BCUT2D eigenvalue weighted by Crippen LogP contribution is 2.18. The molecule has 6 heteroatoms. The molecule has 0 saturated carbocycles. The maximum absolute atomic E-state index is 12.5. The number of hydrogen-bond donors (Lipinski definition) is 3. The van der Waals surface area contributed by atoms with Crippen LogP contribution in [0.1, 0.15) is 361 Å². The smallest absolute Gasteiger partial charge is 0.305 e. The van der Waals surface area contributed by atoms with Gasteiger partial charge in [0.25, 0.3) is 0 Å². The Balaban J connectivity index is 3.41. The summed E-state index contributed by atoms with van der Waals surface area (Å²) in [7, 11) is 0. The molecule has 0 aliphatic carbocycles. The first-order valence-corrected chi connectivity index (χ1v) is 31.9. The van der Waals surface area contributed by atoms with Gasteiger partial charge in [-0.1, -0.05) is 309 Å². The van der Waals surface area contributed by atoms with E-state index in [9.17, 15) is 19.8 Å². The van der Waals surface area contributed by atoms with E-state index in [1.807, 2.05) is 0 Å². The van der Waals surface area contributed by atoms with Crippen LogP contribution in [-0.2, 0) is 14.3 Å². The van der Waals surface area contributed by atoms with Gasteiger partial charge < -0.3 is 20.3 Å². The monoisotopic (exact) mass is 988 g/mol. The maximum atomic E-state index is 12.5. The van der Waals surface area contributed by atoms with E-state index in [1.54, 1.807) is 0 Å². The molecule has 6 nitrogen and oxygen atoms in total. The molecule has 416 valence electrons. The van der Waals surface area contributed by atoms with E-state index in [1.165, 1.54) is 283 Å². The van der Waals surface area contributed by atoms with Crippen LogP contribution in [-0.4, -0.2) is 47.4 Å². The molecular weight excluding hydrogens is 863 g/mol. The molecule has 0 aromatic heterocycles. The predicted octanol–water partition coefficient (Wildman–Crippen LogP) is 20.0. The van der Waals surface area contributed by atoms with Crippen molar-refractivity contribution in [1.29, 1.82) is 0 Å². The number of amides is 1. The Morgan fingerprint density at radius 3 is 1.03 bits per heavy atom. The van der Waals surface area contributed by atoms with Gasteiger partial charge in [0, 0.05) is 12.8 Å². The first-order chi connectivity index (χ1) is 34.5. The minimum absolute atomic E-state index is 0.000852. The fraction of sp³-hybridized carbons (Fsp3) is 0.938. The maximum Gasteiger partial charge on any atom is 0.305 e. The standard InChI is InChI=1S/C64H125NO5/c1-3-5-7-9-11-13-15-17-18-19-20-21-22-23-26-29-33-36-40-44-48-52-56-62(67)61(60-66)65-63(68)57-53-49-45-41-37-34-30-27-24-25-28-31-35-39-43-47-51-55-59-70-64(69)58-54-50-46-42-38-32-16-14-12-10-8-6-4-2/h14,16,61-62,66-67H,3-13,15,17-60H2,1-2H3,(H,65,68)/b16-14-. The number of aliphatic hydroxyl groups is 2. The lowest BCUT2D eigenvalue weighted by Gasteiger charge is -2.22. The van der Waals surface area contributed by atoms with E-state index >= 15 is 0 Å². The predicted molar refractivity (Wildman–Crippen MR) is 306 cm³/mol. The Morgan fingerprint density at radius 2 is 0.671 bits per heavy atom. The summed E-state index contributed by atoms with van der Waals surface area (Å²) in [6.07, 6.45) is 72.2. The molecule has 0 heterocycles. The van der Waals surface area contributed by atoms with Gasteiger partial charge in [-0.15, -0.1) is 0 Å². The molecule has 70 heavy (non-hydrogen) atoms. The average Bonchev–Trinajstić information content (AvgIpc) is 3.36. The lowest BCUT2D eigenvalue weighted by molar-refractivity contribution is -0.143. The van der Waals surface area contributed by atoms with Crippen molar-refractivity contribution in [3.8, 4) is 0 Å². The van der Waals surface area contributed by atoms with E-state index in [-0.39, 0.29) is 18.5 Å². The van der Waals surface area contributed by atoms with Crippen LogP contribution in [0.15, 0.2) is 12.2 Å². The third-order valence-electron chi connectivity index (χ3n) is 15.1. The summed E-state index contributed by atoms with van der Waals surface area (Å²) in [5.41, 5.74) is 0. The van der Waals surface area contributed by atoms with Crippen LogP contribution >= 0.6 is 0 Å². The molecule has 0 aromatic carbocycles. The first-order valence-electron chi connectivity index (χ1n) is 31.9. The third kappa shape index (κ3) is 55.9. The number of hydrogen-bond acceptors (Lipinski definition) is 5. The number of rotatable bonds is 60. The fourth-order valence-electron chi connectivity index (χ4n) is 10.2. The van der Waals surface area contributed by atoms with Crippen molar-refractivity contribution in [2.24, 2.45) is 0 Å². The van der Waals surface area contributed by atoms with Crippen LogP contribution < -0.4 is 5.32 Å². The largest absolute Gasteiger partial charge is 0.466 e. The minimum atomic E-state index is -0.668. The van der Waals surface area contributed by atoms with Crippen molar-refractivity contribution in [2.75, 3.05) is 13.2 Å². The van der Waals surface area contributed by atoms with Crippen LogP contribution in [0, 0.1) is 0 Å². The Hall–Kier alpha value is -1.40. The molecule has 1 amide bonds. The summed E-state index contributed by atoms with van der Waals surface area (Å²) in [6, 6.07) is -0.545. The second-order valence-electron chi connectivity index (χ2n) is 22.1. The molecule has 0 saturated heterocycles. The number of esters is 1. The number of allylic oxidation sites excluding steroid dienone is 2. The van der Waals surface area contributed by atoms with Crippen molar-refractivity contribution >= 4 is 11.9 Å². The topological polar surface area (TPSA) is 95.9 Å². The van der Waals surface area contributed by atoms with Gasteiger partial charge in [-0.25, -0.2) is 0 Å². The fourth-order valence-corrected chi connectivity index (χ4v) is 10.2. The lowest BCUT2D eigenvalue weighted by Crippen LogP contribution is -2.45. The van der Waals surface area contributed by atoms with Crippen molar-refractivity contribution in [2.45, 2.75) is 373 Å². The van der Waals surface area contributed by atoms with Crippen LogP contribution in [0.25, 0.3) is 0 Å². The zero-order chi connectivity index (χ0) is 50.7. The van der Waals surface area contributed by atoms with Crippen LogP contribution in [0.2, 0.25) is 0 Å². The van der Waals surface area contributed by atoms with E-state index in [0.29, 0.717) is 25.9 Å². The number of nitrogens with one attached hydrogen (secondary N) is 1. The third-order valence-corrected chi connectivity index (χ3v) is 15.1. The molecule has 2 atom stereocenters. The van der Waals surface area contributed by atoms with E-state index in [0.717, 1.165) is 44.9 Å². The molecule has 0 aliphatic rings. The molecular formula is C64H125NO5. The Bertz CT molecular complexity index is 1050. The van der Waals surface area contributed by atoms with E-state index in [4.69, 9.17) is 4.74 Å². The van der Waals surface area contributed by atoms with E-state index < -0.39 is 12.1 Å². The summed E-state index contributed by atoms with van der Waals surface area (Å²) in [4.78, 5) is 24.6. The number of aliphatic hydroxyl groups excluding tert-OH is 2. The van der Waals surface area contributed by atoms with Crippen molar-refractivity contribution in [3.63, 3.8) is 0 Å². The summed E-state index contributed by atoms with van der Waals surface area (Å²) in [6.45, 7) is 4.96. The zero-order valence-corrected chi connectivity index (χ0v) is 47.5. The Kier molecular flexibility index (Phi) is 59.0. The summed E-state index contributed by atoms with van der Waals surface area (Å²) >= 11 is 0. The molecule has 3 N–H and O–H groups in total. The van der Waals surface area contributed by atoms with Gasteiger partial charge in [-0.3, -0.25) is 9.59 Å². The van der Waals surface area contributed by atoms with Crippen LogP contribution in [0.5, 0.6) is 0 Å². The van der Waals surface area contributed by atoms with Gasteiger partial charge in [0.15, 0.2) is 0 Å².